The van der Waals surface area contributed by atoms with Gasteiger partial charge in [-0.2, -0.15) is 11.8 Å². The van der Waals surface area contributed by atoms with Gasteiger partial charge in [0.1, 0.15) is 0 Å². The van der Waals surface area contributed by atoms with Crippen LogP contribution < -0.4 is 11.1 Å². The molecule has 110 valence electrons. The zero-order valence-corrected chi connectivity index (χ0v) is 13.7. The molecular formula is C14H26N2OS2. The minimum absolute atomic E-state index is 0.0511. The standard InChI is InChI=1S/C14H26N2OS2/c1-11(19-2)7-10-16-13(17)14(12(15)18)8-5-3-4-6-9-14/h11H,3-10H2,1-2H3,(H2,15,18)(H,16,17). The lowest BCUT2D eigenvalue weighted by molar-refractivity contribution is -0.128. The Morgan fingerprint density at radius 3 is 2.42 bits per heavy atom. The molecule has 1 fully saturated rings. The molecule has 0 bridgehead atoms. The number of amides is 1. The molecule has 1 rings (SSSR count). The van der Waals surface area contributed by atoms with Crippen molar-refractivity contribution < 1.29 is 4.79 Å². The highest BCUT2D eigenvalue weighted by molar-refractivity contribution is 7.99. The number of rotatable bonds is 6. The number of thioether (sulfide) groups is 1. The lowest BCUT2D eigenvalue weighted by Gasteiger charge is -2.30. The van der Waals surface area contributed by atoms with Crippen molar-refractivity contribution in [3.63, 3.8) is 0 Å². The van der Waals surface area contributed by atoms with Crippen molar-refractivity contribution in [1.82, 2.24) is 5.32 Å². The van der Waals surface area contributed by atoms with E-state index in [-0.39, 0.29) is 5.91 Å². The molecule has 0 aromatic carbocycles. The molecule has 3 nitrogen and oxygen atoms in total. The Labute approximate surface area is 126 Å². The highest BCUT2D eigenvalue weighted by Crippen LogP contribution is 2.35. The molecule has 19 heavy (non-hydrogen) atoms. The van der Waals surface area contributed by atoms with Crippen LogP contribution in [0.3, 0.4) is 0 Å². The summed E-state index contributed by atoms with van der Waals surface area (Å²) < 4.78 is 0. The second-order valence-corrected chi connectivity index (χ2v) is 7.17. The molecule has 1 atom stereocenters. The van der Waals surface area contributed by atoms with Gasteiger partial charge in [0, 0.05) is 11.8 Å². The van der Waals surface area contributed by atoms with E-state index in [2.05, 4.69) is 18.5 Å². The summed E-state index contributed by atoms with van der Waals surface area (Å²) in [5.41, 5.74) is 5.31. The summed E-state index contributed by atoms with van der Waals surface area (Å²) in [5.74, 6) is 0.0511. The van der Waals surface area contributed by atoms with Gasteiger partial charge in [-0.3, -0.25) is 4.79 Å². The first-order chi connectivity index (χ1) is 9.03. The summed E-state index contributed by atoms with van der Waals surface area (Å²) in [6, 6.07) is 0. The average Bonchev–Trinajstić information content (AvgIpc) is 2.64. The highest BCUT2D eigenvalue weighted by Gasteiger charge is 2.41. The molecular weight excluding hydrogens is 276 g/mol. The fourth-order valence-corrected chi connectivity index (χ4v) is 3.24. The minimum Gasteiger partial charge on any atom is -0.392 e. The molecule has 5 heteroatoms. The van der Waals surface area contributed by atoms with E-state index in [1.54, 1.807) is 0 Å². The van der Waals surface area contributed by atoms with E-state index >= 15 is 0 Å². The van der Waals surface area contributed by atoms with Crippen LogP contribution in [0.5, 0.6) is 0 Å². The largest absolute Gasteiger partial charge is 0.392 e. The maximum absolute atomic E-state index is 12.5. The Morgan fingerprint density at radius 1 is 1.37 bits per heavy atom. The van der Waals surface area contributed by atoms with Crippen LogP contribution in [0.2, 0.25) is 0 Å². The van der Waals surface area contributed by atoms with Gasteiger partial charge in [-0.1, -0.05) is 44.8 Å². The lowest BCUT2D eigenvalue weighted by atomic mass is 9.79. The van der Waals surface area contributed by atoms with Crippen LogP contribution in [0.25, 0.3) is 0 Å². The zero-order valence-electron chi connectivity index (χ0n) is 12.0. The first-order valence-electron chi connectivity index (χ1n) is 7.14. The number of hydrogen-bond acceptors (Lipinski definition) is 3. The summed E-state index contributed by atoms with van der Waals surface area (Å²) in [6.07, 6.45) is 9.16. The van der Waals surface area contributed by atoms with E-state index in [9.17, 15) is 4.79 Å². The Bertz CT molecular complexity index is 313. The first kappa shape index (κ1) is 16.8. The van der Waals surface area contributed by atoms with Crippen molar-refractivity contribution in [3.05, 3.63) is 0 Å². The van der Waals surface area contributed by atoms with Gasteiger partial charge in [-0.05, 0) is 25.5 Å². The van der Waals surface area contributed by atoms with Gasteiger partial charge < -0.3 is 11.1 Å². The van der Waals surface area contributed by atoms with Gasteiger partial charge in [0.2, 0.25) is 5.91 Å². The van der Waals surface area contributed by atoms with Crippen molar-refractivity contribution in [2.75, 3.05) is 12.8 Å². The highest BCUT2D eigenvalue weighted by atomic mass is 32.2. The molecule has 0 spiro atoms. The van der Waals surface area contributed by atoms with E-state index < -0.39 is 5.41 Å². The van der Waals surface area contributed by atoms with Crippen LogP contribution in [0, 0.1) is 5.41 Å². The molecule has 0 aliphatic heterocycles. The number of nitrogens with one attached hydrogen (secondary N) is 1. The Balaban J connectivity index is 2.60. The summed E-state index contributed by atoms with van der Waals surface area (Å²) in [4.78, 5) is 12.9. The molecule has 1 aliphatic carbocycles. The summed E-state index contributed by atoms with van der Waals surface area (Å²) in [5, 5.41) is 3.61. The van der Waals surface area contributed by atoms with Crippen LogP contribution >= 0.6 is 24.0 Å². The predicted molar refractivity (Wildman–Crippen MR) is 87.5 cm³/mol. The normalized spacial score (nSPS) is 20.3. The van der Waals surface area contributed by atoms with Gasteiger partial charge in [-0.15, -0.1) is 0 Å². The number of carbonyl (C=O) groups excluding carboxylic acids is 1. The van der Waals surface area contributed by atoms with Crippen LogP contribution in [0.15, 0.2) is 0 Å². The van der Waals surface area contributed by atoms with Gasteiger partial charge in [0.25, 0.3) is 0 Å². The van der Waals surface area contributed by atoms with Crippen LogP contribution in [0.1, 0.15) is 51.9 Å². The first-order valence-corrected chi connectivity index (χ1v) is 8.83. The predicted octanol–water partition coefficient (Wildman–Crippen LogP) is 2.87. The van der Waals surface area contributed by atoms with E-state index in [0.29, 0.717) is 16.8 Å². The molecule has 0 aromatic rings. The second-order valence-electron chi connectivity index (χ2n) is 5.45. The maximum Gasteiger partial charge on any atom is 0.233 e. The number of nitrogens with two attached hydrogens (primary N) is 1. The maximum atomic E-state index is 12.5. The fraction of sp³-hybridized carbons (Fsp3) is 0.857. The van der Waals surface area contributed by atoms with Crippen LogP contribution in [-0.4, -0.2) is 28.9 Å². The zero-order chi connectivity index (χ0) is 14.3. The van der Waals surface area contributed by atoms with E-state index in [1.807, 2.05) is 11.8 Å². The van der Waals surface area contributed by atoms with Crippen LogP contribution in [0.4, 0.5) is 0 Å². The van der Waals surface area contributed by atoms with Gasteiger partial charge in [-0.25, -0.2) is 0 Å². The minimum atomic E-state index is -0.589. The Kier molecular flexibility index (Phi) is 7.15. The molecule has 1 unspecified atom stereocenters. The van der Waals surface area contributed by atoms with Crippen molar-refractivity contribution in [1.29, 1.82) is 0 Å². The third-order valence-electron chi connectivity index (χ3n) is 4.10. The fourth-order valence-electron chi connectivity index (χ4n) is 2.59. The van der Waals surface area contributed by atoms with Crippen molar-refractivity contribution in [2.24, 2.45) is 11.1 Å². The SMILES string of the molecule is CSC(C)CCNC(=O)C1(C(N)=S)CCCCCC1. The van der Waals surface area contributed by atoms with Gasteiger partial charge in [0.05, 0.1) is 10.4 Å². The van der Waals surface area contributed by atoms with E-state index in [0.717, 1.165) is 32.1 Å². The van der Waals surface area contributed by atoms with Gasteiger partial charge in [0.15, 0.2) is 0 Å². The lowest BCUT2D eigenvalue weighted by Crippen LogP contribution is -2.49. The average molecular weight is 303 g/mol. The number of carbonyl (C=O) groups is 1. The Morgan fingerprint density at radius 2 is 1.95 bits per heavy atom. The molecule has 0 heterocycles. The topological polar surface area (TPSA) is 55.1 Å². The smallest absolute Gasteiger partial charge is 0.233 e. The van der Waals surface area contributed by atoms with Crippen molar-refractivity contribution in [3.8, 4) is 0 Å². The molecule has 0 saturated heterocycles. The summed E-state index contributed by atoms with van der Waals surface area (Å²) in [7, 11) is 0. The van der Waals surface area contributed by atoms with Crippen molar-refractivity contribution >= 4 is 34.9 Å². The molecule has 1 aliphatic rings. The molecule has 1 amide bonds. The van der Waals surface area contributed by atoms with E-state index in [1.165, 1.54) is 12.8 Å². The molecule has 3 N–H and O–H groups in total. The van der Waals surface area contributed by atoms with Crippen molar-refractivity contribution in [2.45, 2.75) is 57.1 Å². The van der Waals surface area contributed by atoms with Crippen LogP contribution in [-0.2, 0) is 4.79 Å². The molecule has 1 saturated carbocycles. The number of thiocarbonyl (C=S) groups is 1. The third kappa shape index (κ3) is 4.63. The van der Waals surface area contributed by atoms with Gasteiger partial charge >= 0.3 is 0 Å². The summed E-state index contributed by atoms with van der Waals surface area (Å²) >= 11 is 7.02. The van der Waals surface area contributed by atoms with E-state index in [4.69, 9.17) is 18.0 Å². The Hall–Kier alpha value is -0.290. The third-order valence-corrected chi connectivity index (χ3v) is 5.53. The quantitative estimate of drug-likeness (QED) is 0.585. The molecule has 0 radical (unpaired) electrons. The monoisotopic (exact) mass is 302 g/mol. The summed E-state index contributed by atoms with van der Waals surface area (Å²) in [6.45, 7) is 2.89. The molecule has 0 aromatic heterocycles. The number of hydrogen-bond donors (Lipinski definition) is 2. The second kappa shape index (κ2) is 8.10.